The number of nitrogens with zero attached hydrogens (tertiary/aromatic N) is 2. The number of piperidine rings is 1. The van der Waals surface area contributed by atoms with Crippen molar-refractivity contribution in [2.24, 2.45) is 5.92 Å². The zero-order valence-electron chi connectivity index (χ0n) is 16.8. The Bertz CT molecular complexity index is 983. The smallest absolute Gasteiger partial charge is 0.335 e. The van der Waals surface area contributed by atoms with Crippen LogP contribution < -0.4 is 15.0 Å². The fraction of sp³-hybridized carbons (Fsp3) is 0.333. The van der Waals surface area contributed by atoms with Crippen molar-refractivity contribution in [3.05, 3.63) is 57.6 Å². The molecule has 1 aliphatic rings. The fourth-order valence-corrected chi connectivity index (χ4v) is 3.47. The van der Waals surface area contributed by atoms with Crippen LogP contribution in [0.15, 0.2) is 36.4 Å². The summed E-state index contributed by atoms with van der Waals surface area (Å²) in [4.78, 5) is 37.1. The minimum Gasteiger partial charge on any atom is -0.495 e. The van der Waals surface area contributed by atoms with E-state index in [1.165, 1.54) is 37.4 Å². The highest BCUT2D eigenvalue weighted by Crippen LogP contribution is 2.31. The van der Waals surface area contributed by atoms with E-state index < -0.39 is 16.8 Å². The number of nitro benzene ring substituents is 1. The lowest BCUT2D eigenvalue weighted by Gasteiger charge is -2.33. The number of aromatic carboxylic acids is 1. The molecule has 2 aromatic carbocycles. The number of carboxylic acids is 1. The van der Waals surface area contributed by atoms with Gasteiger partial charge in [0.15, 0.2) is 0 Å². The van der Waals surface area contributed by atoms with Gasteiger partial charge in [-0.1, -0.05) is 6.92 Å². The van der Waals surface area contributed by atoms with Crippen molar-refractivity contribution >= 4 is 28.9 Å². The number of carboxylic acid groups (broad SMARTS) is 1. The van der Waals surface area contributed by atoms with Gasteiger partial charge in [-0.2, -0.15) is 0 Å². The molecule has 1 amide bonds. The lowest BCUT2D eigenvalue weighted by Crippen LogP contribution is -2.34. The van der Waals surface area contributed by atoms with Crippen LogP contribution in [0.5, 0.6) is 5.75 Å². The third kappa shape index (κ3) is 4.51. The van der Waals surface area contributed by atoms with Gasteiger partial charge in [-0.25, -0.2) is 4.79 Å². The lowest BCUT2D eigenvalue weighted by molar-refractivity contribution is -0.384. The van der Waals surface area contributed by atoms with Crippen LogP contribution in [0, 0.1) is 16.0 Å². The maximum Gasteiger partial charge on any atom is 0.335 e. The van der Waals surface area contributed by atoms with Gasteiger partial charge in [-0.3, -0.25) is 14.9 Å². The maximum absolute atomic E-state index is 13.1. The number of rotatable bonds is 6. The molecule has 1 heterocycles. The molecule has 0 radical (unpaired) electrons. The van der Waals surface area contributed by atoms with Crippen molar-refractivity contribution in [2.75, 3.05) is 30.4 Å². The van der Waals surface area contributed by atoms with E-state index in [0.29, 0.717) is 11.6 Å². The van der Waals surface area contributed by atoms with Crippen LogP contribution >= 0.6 is 0 Å². The van der Waals surface area contributed by atoms with Crippen LogP contribution in [0.3, 0.4) is 0 Å². The fourth-order valence-electron chi connectivity index (χ4n) is 3.47. The summed E-state index contributed by atoms with van der Waals surface area (Å²) in [7, 11) is 1.40. The molecule has 0 saturated carbocycles. The number of amides is 1. The molecule has 0 atom stereocenters. The first-order chi connectivity index (χ1) is 14.3. The highest BCUT2D eigenvalue weighted by molar-refractivity contribution is 6.09. The van der Waals surface area contributed by atoms with E-state index in [1.807, 2.05) is 4.90 Å². The molecule has 30 heavy (non-hydrogen) atoms. The van der Waals surface area contributed by atoms with Crippen LogP contribution in [-0.4, -0.2) is 42.1 Å². The van der Waals surface area contributed by atoms with Crippen molar-refractivity contribution in [2.45, 2.75) is 19.8 Å². The van der Waals surface area contributed by atoms with Crippen molar-refractivity contribution in [1.82, 2.24) is 0 Å². The average molecular weight is 413 g/mol. The predicted molar refractivity (Wildman–Crippen MR) is 112 cm³/mol. The molecule has 1 saturated heterocycles. The van der Waals surface area contributed by atoms with Gasteiger partial charge in [0.05, 0.1) is 34.5 Å². The third-order valence-electron chi connectivity index (χ3n) is 5.25. The molecule has 0 spiro atoms. The number of ether oxygens (including phenoxy) is 1. The Morgan fingerprint density at radius 1 is 1.20 bits per heavy atom. The van der Waals surface area contributed by atoms with Gasteiger partial charge in [0.25, 0.3) is 11.6 Å². The first-order valence-electron chi connectivity index (χ1n) is 9.56. The van der Waals surface area contributed by atoms with Crippen molar-refractivity contribution in [3.8, 4) is 5.75 Å². The van der Waals surface area contributed by atoms with Crippen molar-refractivity contribution < 1.29 is 24.4 Å². The van der Waals surface area contributed by atoms with Crippen LogP contribution in [0.25, 0.3) is 0 Å². The summed E-state index contributed by atoms with van der Waals surface area (Å²) in [6.07, 6.45) is 1.93. The zero-order chi connectivity index (χ0) is 21.8. The second kappa shape index (κ2) is 8.81. The minimum absolute atomic E-state index is 0.0182. The highest BCUT2D eigenvalue weighted by Gasteiger charge is 2.24. The normalized spacial score (nSPS) is 14.3. The van der Waals surface area contributed by atoms with E-state index in [0.717, 1.165) is 25.9 Å². The Kier molecular flexibility index (Phi) is 6.20. The number of carbonyl (C=O) groups excluding carboxylic acids is 1. The van der Waals surface area contributed by atoms with E-state index in [4.69, 9.17) is 4.74 Å². The Hall–Kier alpha value is -3.62. The van der Waals surface area contributed by atoms with E-state index in [-0.39, 0.29) is 28.3 Å². The van der Waals surface area contributed by atoms with E-state index >= 15 is 0 Å². The molecule has 1 aliphatic heterocycles. The van der Waals surface area contributed by atoms with Gasteiger partial charge in [-0.05, 0) is 43.0 Å². The summed E-state index contributed by atoms with van der Waals surface area (Å²) in [5.74, 6) is -0.855. The second-order valence-electron chi connectivity index (χ2n) is 7.30. The van der Waals surface area contributed by atoms with Gasteiger partial charge in [-0.15, -0.1) is 0 Å². The van der Waals surface area contributed by atoms with Gasteiger partial charge >= 0.3 is 5.97 Å². The number of hydrogen-bond acceptors (Lipinski definition) is 6. The molecule has 2 aromatic rings. The number of benzene rings is 2. The molecule has 0 bridgehead atoms. The molecular formula is C21H23N3O6. The van der Waals surface area contributed by atoms with Crippen molar-refractivity contribution in [3.63, 3.8) is 0 Å². The summed E-state index contributed by atoms with van der Waals surface area (Å²) < 4.78 is 5.21. The number of nitrogens with one attached hydrogen (secondary N) is 1. The second-order valence-corrected chi connectivity index (χ2v) is 7.30. The maximum atomic E-state index is 13.1. The number of nitro groups is 1. The number of non-ortho nitro benzene ring substituents is 1. The van der Waals surface area contributed by atoms with E-state index in [1.54, 1.807) is 6.07 Å². The van der Waals surface area contributed by atoms with Crippen molar-refractivity contribution in [1.29, 1.82) is 0 Å². The number of anilines is 2. The van der Waals surface area contributed by atoms with Gasteiger partial charge in [0, 0.05) is 25.2 Å². The minimum atomic E-state index is -1.15. The largest absolute Gasteiger partial charge is 0.495 e. The highest BCUT2D eigenvalue weighted by atomic mass is 16.6. The predicted octanol–water partition coefficient (Wildman–Crippen LogP) is 3.79. The van der Waals surface area contributed by atoms with Crippen LogP contribution in [-0.2, 0) is 0 Å². The molecule has 1 fully saturated rings. The summed E-state index contributed by atoms with van der Waals surface area (Å²) in [5, 5.41) is 23.1. The summed E-state index contributed by atoms with van der Waals surface area (Å²) >= 11 is 0. The van der Waals surface area contributed by atoms with Crippen LogP contribution in [0.2, 0.25) is 0 Å². The van der Waals surface area contributed by atoms with Crippen LogP contribution in [0.4, 0.5) is 17.1 Å². The van der Waals surface area contributed by atoms with E-state index in [2.05, 4.69) is 12.2 Å². The Labute approximate surface area is 173 Å². The zero-order valence-corrected chi connectivity index (χ0v) is 16.8. The molecule has 0 aliphatic carbocycles. The van der Waals surface area contributed by atoms with E-state index in [9.17, 15) is 24.8 Å². The Morgan fingerprint density at radius 3 is 2.50 bits per heavy atom. The standard InChI is InChI=1S/C21H23N3O6/c1-13-7-9-23(10-8-13)18-5-4-15(24(28)29)12-16(18)20(25)22-17-11-14(21(26)27)3-6-19(17)30-2/h3-6,11-13H,7-10H2,1-2H3,(H,22,25)(H,26,27). The van der Waals surface area contributed by atoms with Gasteiger partial charge < -0.3 is 20.1 Å². The topological polar surface area (TPSA) is 122 Å². The third-order valence-corrected chi connectivity index (χ3v) is 5.25. The monoisotopic (exact) mass is 413 g/mol. The number of hydrogen-bond donors (Lipinski definition) is 2. The summed E-state index contributed by atoms with van der Waals surface area (Å²) in [6, 6.07) is 8.32. The summed E-state index contributed by atoms with van der Waals surface area (Å²) in [5.41, 5.74) is 0.725. The number of methoxy groups -OCH3 is 1. The van der Waals surface area contributed by atoms with Gasteiger partial charge in [0.2, 0.25) is 0 Å². The molecule has 158 valence electrons. The SMILES string of the molecule is COc1ccc(C(=O)O)cc1NC(=O)c1cc([N+](=O)[O-])ccc1N1CCC(C)CC1. The molecule has 0 aromatic heterocycles. The molecule has 2 N–H and O–H groups in total. The Balaban J connectivity index is 1.98. The average Bonchev–Trinajstić information content (AvgIpc) is 2.73. The molecular weight excluding hydrogens is 390 g/mol. The molecule has 9 heteroatoms. The molecule has 3 rings (SSSR count). The lowest BCUT2D eigenvalue weighted by atomic mass is 9.97. The Morgan fingerprint density at radius 2 is 1.90 bits per heavy atom. The first-order valence-corrected chi connectivity index (χ1v) is 9.56. The quantitative estimate of drug-likeness (QED) is 0.546. The van der Waals surface area contributed by atoms with Gasteiger partial charge in [0.1, 0.15) is 5.75 Å². The molecule has 0 unspecified atom stereocenters. The van der Waals surface area contributed by atoms with Crippen LogP contribution in [0.1, 0.15) is 40.5 Å². The first kappa shape index (κ1) is 21.1. The molecule has 9 nitrogen and oxygen atoms in total. The summed E-state index contributed by atoms with van der Waals surface area (Å²) in [6.45, 7) is 3.66. The number of carbonyl (C=O) groups is 2.